The second-order valence-corrected chi connectivity index (χ2v) is 4.30. The standard InChI is InChI=1S/C13H19NO3/c1-9(14-2)7-11-10(5-6-15)3-4-12-13(11)17-8-16-12/h3-4,9,14-15H,5-8H2,1-2H3/t9-/m0/s1. The third kappa shape index (κ3) is 2.53. The van der Waals surface area contributed by atoms with E-state index in [-0.39, 0.29) is 6.61 Å². The first-order chi connectivity index (χ1) is 8.26. The molecule has 2 rings (SSSR count). The molecule has 1 heterocycles. The van der Waals surface area contributed by atoms with Gasteiger partial charge in [0.15, 0.2) is 11.5 Å². The Morgan fingerprint density at radius 3 is 2.94 bits per heavy atom. The van der Waals surface area contributed by atoms with E-state index in [1.54, 1.807) is 0 Å². The molecule has 0 aromatic heterocycles. The highest BCUT2D eigenvalue weighted by Crippen LogP contribution is 2.38. The smallest absolute Gasteiger partial charge is 0.231 e. The third-order valence-corrected chi connectivity index (χ3v) is 3.12. The Balaban J connectivity index is 2.33. The number of nitrogens with one attached hydrogen (secondary N) is 1. The van der Waals surface area contributed by atoms with Crippen LogP contribution in [0.3, 0.4) is 0 Å². The molecule has 2 N–H and O–H groups in total. The largest absolute Gasteiger partial charge is 0.454 e. The van der Waals surface area contributed by atoms with Gasteiger partial charge in [0.1, 0.15) is 0 Å². The number of rotatable bonds is 5. The van der Waals surface area contributed by atoms with E-state index in [9.17, 15) is 0 Å². The van der Waals surface area contributed by atoms with Crippen molar-refractivity contribution in [3.63, 3.8) is 0 Å². The van der Waals surface area contributed by atoms with E-state index in [0.29, 0.717) is 19.3 Å². The molecule has 94 valence electrons. The van der Waals surface area contributed by atoms with Crippen LogP contribution in [0.2, 0.25) is 0 Å². The van der Waals surface area contributed by atoms with E-state index >= 15 is 0 Å². The zero-order valence-corrected chi connectivity index (χ0v) is 10.3. The molecule has 1 aliphatic rings. The Morgan fingerprint density at radius 2 is 2.24 bits per heavy atom. The van der Waals surface area contributed by atoms with Crippen molar-refractivity contribution in [3.05, 3.63) is 23.3 Å². The van der Waals surface area contributed by atoms with Gasteiger partial charge in [-0.25, -0.2) is 0 Å². The van der Waals surface area contributed by atoms with Gasteiger partial charge in [-0.15, -0.1) is 0 Å². The Morgan fingerprint density at radius 1 is 1.41 bits per heavy atom. The lowest BCUT2D eigenvalue weighted by molar-refractivity contribution is 0.173. The van der Waals surface area contributed by atoms with Gasteiger partial charge in [0.25, 0.3) is 0 Å². The first kappa shape index (κ1) is 12.2. The van der Waals surface area contributed by atoms with Gasteiger partial charge in [-0.3, -0.25) is 0 Å². The summed E-state index contributed by atoms with van der Waals surface area (Å²) in [6.07, 6.45) is 1.53. The lowest BCUT2D eigenvalue weighted by Crippen LogP contribution is -2.24. The van der Waals surface area contributed by atoms with E-state index < -0.39 is 0 Å². The molecule has 4 heteroatoms. The highest BCUT2D eigenvalue weighted by Gasteiger charge is 2.21. The normalized spacial score (nSPS) is 15.0. The molecule has 0 fully saturated rings. The van der Waals surface area contributed by atoms with Crippen molar-refractivity contribution in [2.45, 2.75) is 25.8 Å². The molecular weight excluding hydrogens is 218 g/mol. The van der Waals surface area contributed by atoms with Gasteiger partial charge in [-0.05, 0) is 38.4 Å². The minimum absolute atomic E-state index is 0.153. The van der Waals surface area contributed by atoms with Crippen LogP contribution in [0, 0.1) is 0 Å². The van der Waals surface area contributed by atoms with Crippen LogP contribution >= 0.6 is 0 Å². The summed E-state index contributed by atoms with van der Waals surface area (Å²) in [4.78, 5) is 0. The summed E-state index contributed by atoms with van der Waals surface area (Å²) in [5, 5.41) is 12.3. The summed E-state index contributed by atoms with van der Waals surface area (Å²) in [5.41, 5.74) is 2.29. The van der Waals surface area contributed by atoms with E-state index in [1.807, 2.05) is 19.2 Å². The van der Waals surface area contributed by atoms with E-state index in [1.165, 1.54) is 0 Å². The van der Waals surface area contributed by atoms with Crippen molar-refractivity contribution in [1.82, 2.24) is 5.32 Å². The van der Waals surface area contributed by atoms with Gasteiger partial charge in [-0.1, -0.05) is 6.07 Å². The topological polar surface area (TPSA) is 50.7 Å². The SMILES string of the molecule is CN[C@@H](C)Cc1c(CCO)ccc2c1OCO2. The zero-order chi connectivity index (χ0) is 12.3. The van der Waals surface area contributed by atoms with Crippen molar-refractivity contribution >= 4 is 0 Å². The molecule has 1 aromatic rings. The summed E-state index contributed by atoms with van der Waals surface area (Å²) in [6, 6.07) is 4.30. The fourth-order valence-electron chi connectivity index (χ4n) is 2.06. The van der Waals surface area contributed by atoms with Crippen LogP contribution in [0.4, 0.5) is 0 Å². The lowest BCUT2D eigenvalue weighted by Gasteiger charge is -2.15. The number of aliphatic hydroxyl groups is 1. The van der Waals surface area contributed by atoms with E-state index in [0.717, 1.165) is 29.0 Å². The predicted molar refractivity (Wildman–Crippen MR) is 65.6 cm³/mol. The average Bonchev–Trinajstić information content (AvgIpc) is 2.80. The Labute approximate surface area is 102 Å². The predicted octanol–water partition coefficient (Wildman–Crippen LogP) is 1.10. The molecule has 1 atom stereocenters. The monoisotopic (exact) mass is 237 g/mol. The number of hydrogen-bond donors (Lipinski definition) is 2. The second-order valence-electron chi connectivity index (χ2n) is 4.30. The van der Waals surface area contributed by atoms with Crippen LogP contribution in [-0.2, 0) is 12.8 Å². The quantitative estimate of drug-likeness (QED) is 0.805. The van der Waals surface area contributed by atoms with Crippen LogP contribution in [0.1, 0.15) is 18.1 Å². The summed E-state index contributed by atoms with van der Waals surface area (Å²) in [7, 11) is 1.94. The molecule has 0 amide bonds. The minimum atomic E-state index is 0.153. The molecule has 1 aliphatic heterocycles. The van der Waals surface area contributed by atoms with Gasteiger partial charge in [0, 0.05) is 18.2 Å². The first-order valence-electron chi connectivity index (χ1n) is 5.94. The molecule has 0 radical (unpaired) electrons. The highest BCUT2D eigenvalue weighted by atomic mass is 16.7. The van der Waals surface area contributed by atoms with Crippen LogP contribution in [0.25, 0.3) is 0 Å². The number of benzene rings is 1. The maximum atomic E-state index is 9.10. The van der Waals surface area contributed by atoms with Gasteiger partial charge in [-0.2, -0.15) is 0 Å². The number of ether oxygens (including phenoxy) is 2. The second kappa shape index (κ2) is 5.38. The van der Waals surface area contributed by atoms with E-state index in [4.69, 9.17) is 14.6 Å². The lowest BCUT2D eigenvalue weighted by atomic mass is 9.97. The molecule has 0 bridgehead atoms. The molecule has 0 spiro atoms. The molecule has 0 saturated carbocycles. The summed E-state index contributed by atoms with van der Waals surface area (Å²) in [5.74, 6) is 1.66. The number of likely N-dealkylation sites (N-methyl/N-ethyl adjacent to an activating group) is 1. The van der Waals surface area contributed by atoms with Gasteiger partial charge < -0.3 is 19.9 Å². The minimum Gasteiger partial charge on any atom is -0.454 e. The molecule has 0 saturated heterocycles. The molecule has 4 nitrogen and oxygen atoms in total. The summed E-state index contributed by atoms with van der Waals surface area (Å²) >= 11 is 0. The molecule has 1 aromatic carbocycles. The maximum absolute atomic E-state index is 9.10. The molecule has 0 aliphatic carbocycles. The fourth-order valence-corrected chi connectivity index (χ4v) is 2.06. The first-order valence-corrected chi connectivity index (χ1v) is 5.94. The van der Waals surface area contributed by atoms with Gasteiger partial charge in [0.05, 0.1) is 0 Å². The van der Waals surface area contributed by atoms with Crippen molar-refractivity contribution < 1.29 is 14.6 Å². The number of hydrogen-bond acceptors (Lipinski definition) is 4. The number of aliphatic hydroxyl groups excluding tert-OH is 1. The Kier molecular flexibility index (Phi) is 3.86. The summed E-state index contributed by atoms with van der Waals surface area (Å²) < 4.78 is 10.9. The maximum Gasteiger partial charge on any atom is 0.231 e. The molecular formula is C13H19NO3. The Hall–Kier alpha value is -1.26. The van der Waals surface area contributed by atoms with Gasteiger partial charge in [0.2, 0.25) is 6.79 Å². The van der Waals surface area contributed by atoms with E-state index in [2.05, 4.69) is 12.2 Å². The molecule has 17 heavy (non-hydrogen) atoms. The van der Waals surface area contributed by atoms with Crippen molar-refractivity contribution in [2.75, 3.05) is 20.4 Å². The van der Waals surface area contributed by atoms with Crippen LogP contribution in [-0.4, -0.2) is 31.6 Å². The number of fused-ring (bicyclic) bond motifs is 1. The summed E-state index contributed by atoms with van der Waals surface area (Å²) in [6.45, 7) is 2.57. The van der Waals surface area contributed by atoms with Crippen molar-refractivity contribution in [2.24, 2.45) is 0 Å². The average molecular weight is 237 g/mol. The molecule has 0 unspecified atom stereocenters. The fraction of sp³-hybridized carbons (Fsp3) is 0.538. The van der Waals surface area contributed by atoms with Crippen LogP contribution in [0.5, 0.6) is 11.5 Å². The third-order valence-electron chi connectivity index (χ3n) is 3.12. The van der Waals surface area contributed by atoms with Crippen LogP contribution in [0.15, 0.2) is 12.1 Å². The highest BCUT2D eigenvalue weighted by molar-refractivity contribution is 5.52. The van der Waals surface area contributed by atoms with Crippen molar-refractivity contribution in [3.8, 4) is 11.5 Å². The van der Waals surface area contributed by atoms with Crippen molar-refractivity contribution in [1.29, 1.82) is 0 Å². The Bertz CT molecular complexity index is 392. The zero-order valence-electron chi connectivity index (χ0n) is 10.3. The van der Waals surface area contributed by atoms with Gasteiger partial charge >= 0.3 is 0 Å². The van der Waals surface area contributed by atoms with Crippen LogP contribution < -0.4 is 14.8 Å².